The third-order valence-electron chi connectivity index (χ3n) is 2.33. The molecular formula is C16H22N2. The largest absolute Gasteiger partial charge is 0.385 e. The molecule has 2 heteroatoms. The van der Waals surface area contributed by atoms with E-state index in [4.69, 9.17) is 0 Å². The zero-order valence-corrected chi connectivity index (χ0v) is 11.4. The Kier molecular flexibility index (Phi) is 6.41. The van der Waals surface area contributed by atoms with Crippen molar-refractivity contribution in [1.29, 1.82) is 0 Å². The number of nitrogens with one attached hydrogen (secondary N) is 2. The predicted octanol–water partition coefficient (Wildman–Crippen LogP) is 4.89. The van der Waals surface area contributed by atoms with E-state index in [-0.39, 0.29) is 0 Å². The molecule has 0 atom stereocenters. The molecule has 0 aliphatic rings. The first kappa shape index (κ1) is 14.1. The Hall–Kier alpha value is -1.96. The Morgan fingerprint density at radius 2 is 1.22 bits per heavy atom. The SMILES string of the molecule is CC.CCNc1ccc(Nc2ccccc2)cc1. The number of anilines is 3. The lowest BCUT2D eigenvalue weighted by Gasteiger charge is -2.07. The summed E-state index contributed by atoms with van der Waals surface area (Å²) in [5.74, 6) is 0. The standard InChI is InChI=1S/C14H16N2.C2H6/c1-2-15-12-8-10-14(11-9-12)16-13-6-4-3-5-7-13;1-2/h3-11,15-16H,2H2,1H3;1-2H3. The Morgan fingerprint density at radius 1 is 0.722 bits per heavy atom. The number of hydrogen-bond donors (Lipinski definition) is 2. The Bertz CT molecular complexity index is 421. The first-order valence-corrected chi connectivity index (χ1v) is 6.54. The molecule has 2 aromatic carbocycles. The molecule has 0 aliphatic carbocycles. The van der Waals surface area contributed by atoms with E-state index in [1.807, 2.05) is 32.0 Å². The molecular weight excluding hydrogens is 220 g/mol. The van der Waals surface area contributed by atoms with Crippen LogP contribution >= 0.6 is 0 Å². The van der Waals surface area contributed by atoms with Crippen LogP contribution in [0.25, 0.3) is 0 Å². The molecule has 0 radical (unpaired) electrons. The highest BCUT2D eigenvalue weighted by atomic mass is 14.9. The predicted molar refractivity (Wildman–Crippen MR) is 81.7 cm³/mol. The van der Waals surface area contributed by atoms with E-state index in [9.17, 15) is 0 Å². The Morgan fingerprint density at radius 3 is 1.78 bits per heavy atom. The fourth-order valence-electron chi connectivity index (χ4n) is 1.56. The summed E-state index contributed by atoms with van der Waals surface area (Å²) >= 11 is 0. The second-order valence-corrected chi connectivity index (χ2v) is 3.60. The second-order valence-electron chi connectivity index (χ2n) is 3.60. The highest BCUT2D eigenvalue weighted by Gasteiger charge is 1.94. The van der Waals surface area contributed by atoms with Gasteiger partial charge in [-0.3, -0.25) is 0 Å². The average Bonchev–Trinajstić information content (AvgIpc) is 2.45. The molecule has 0 fully saturated rings. The van der Waals surface area contributed by atoms with E-state index in [1.54, 1.807) is 0 Å². The van der Waals surface area contributed by atoms with Crippen molar-refractivity contribution in [3.63, 3.8) is 0 Å². The zero-order valence-electron chi connectivity index (χ0n) is 11.4. The monoisotopic (exact) mass is 242 g/mol. The van der Waals surface area contributed by atoms with Gasteiger partial charge in [0.1, 0.15) is 0 Å². The van der Waals surface area contributed by atoms with Gasteiger partial charge in [0, 0.05) is 23.6 Å². The molecule has 0 amide bonds. The summed E-state index contributed by atoms with van der Waals surface area (Å²) in [6, 6.07) is 18.5. The summed E-state index contributed by atoms with van der Waals surface area (Å²) in [6.45, 7) is 7.04. The molecule has 2 rings (SSSR count). The molecule has 96 valence electrons. The van der Waals surface area contributed by atoms with Crippen molar-refractivity contribution in [2.75, 3.05) is 17.2 Å². The van der Waals surface area contributed by atoms with Crippen molar-refractivity contribution in [3.05, 3.63) is 54.6 Å². The topological polar surface area (TPSA) is 24.1 Å². The second kappa shape index (κ2) is 8.18. The molecule has 2 aromatic rings. The van der Waals surface area contributed by atoms with Gasteiger partial charge in [-0.05, 0) is 43.3 Å². The van der Waals surface area contributed by atoms with E-state index in [0.29, 0.717) is 0 Å². The molecule has 0 spiro atoms. The van der Waals surface area contributed by atoms with Crippen molar-refractivity contribution >= 4 is 17.1 Å². The maximum atomic E-state index is 3.35. The Labute approximate surface area is 110 Å². The van der Waals surface area contributed by atoms with E-state index < -0.39 is 0 Å². The van der Waals surface area contributed by atoms with E-state index in [1.165, 1.54) is 0 Å². The van der Waals surface area contributed by atoms with Crippen LogP contribution in [0.5, 0.6) is 0 Å². The summed E-state index contributed by atoms with van der Waals surface area (Å²) in [5, 5.41) is 6.62. The quantitative estimate of drug-likeness (QED) is 0.797. The molecule has 0 saturated carbocycles. The molecule has 0 unspecified atom stereocenters. The Balaban J connectivity index is 0.000000771. The molecule has 0 heterocycles. The van der Waals surface area contributed by atoms with Crippen LogP contribution in [0.3, 0.4) is 0 Å². The summed E-state index contributed by atoms with van der Waals surface area (Å²) in [7, 11) is 0. The van der Waals surface area contributed by atoms with Gasteiger partial charge in [-0.2, -0.15) is 0 Å². The molecule has 18 heavy (non-hydrogen) atoms. The number of para-hydroxylation sites is 1. The minimum atomic E-state index is 0.950. The summed E-state index contributed by atoms with van der Waals surface area (Å²) in [5.41, 5.74) is 3.37. The van der Waals surface area contributed by atoms with Crippen molar-refractivity contribution in [1.82, 2.24) is 0 Å². The van der Waals surface area contributed by atoms with Gasteiger partial charge in [-0.1, -0.05) is 32.0 Å². The number of hydrogen-bond acceptors (Lipinski definition) is 2. The van der Waals surface area contributed by atoms with Crippen molar-refractivity contribution in [2.24, 2.45) is 0 Å². The van der Waals surface area contributed by atoms with Crippen LogP contribution in [0.4, 0.5) is 17.1 Å². The fourth-order valence-corrected chi connectivity index (χ4v) is 1.56. The minimum Gasteiger partial charge on any atom is -0.385 e. The lowest BCUT2D eigenvalue weighted by Crippen LogP contribution is -1.96. The molecule has 2 nitrogen and oxygen atoms in total. The highest BCUT2D eigenvalue weighted by Crippen LogP contribution is 2.18. The van der Waals surface area contributed by atoms with Crippen LogP contribution in [0.15, 0.2) is 54.6 Å². The van der Waals surface area contributed by atoms with Crippen molar-refractivity contribution < 1.29 is 0 Å². The van der Waals surface area contributed by atoms with Crippen LogP contribution in [-0.4, -0.2) is 6.54 Å². The normalized spacial score (nSPS) is 9.06. The van der Waals surface area contributed by atoms with Crippen molar-refractivity contribution in [3.8, 4) is 0 Å². The van der Waals surface area contributed by atoms with Gasteiger partial charge >= 0.3 is 0 Å². The fraction of sp³-hybridized carbons (Fsp3) is 0.250. The van der Waals surface area contributed by atoms with E-state index in [0.717, 1.165) is 23.6 Å². The zero-order chi connectivity index (χ0) is 13.2. The third kappa shape index (κ3) is 4.50. The summed E-state index contributed by atoms with van der Waals surface area (Å²) in [4.78, 5) is 0. The van der Waals surface area contributed by atoms with Gasteiger partial charge < -0.3 is 10.6 Å². The van der Waals surface area contributed by atoms with Gasteiger partial charge in [0.05, 0.1) is 0 Å². The van der Waals surface area contributed by atoms with Crippen molar-refractivity contribution in [2.45, 2.75) is 20.8 Å². The summed E-state index contributed by atoms with van der Waals surface area (Å²) < 4.78 is 0. The van der Waals surface area contributed by atoms with Crippen LogP contribution < -0.4 is 10.6 Å². The first-order valence-electron chi connectivity index (χ1n) is 6.54. The maximum Gasteiger partial charge on any atom is 0.0385 e. The molecule has 0 aliphatic heterocycles. The maximum absolute atomic E-state index is 3.35. The lowest BCUT2D eigenvalue weighted by atomic mass is 10.2. The lowest BCUT2D eigenvalue weighted by molar-refractivity contribution is 1.21. The van der Waals surface area contributed by atoms with Crippen LogP contribution in [0, 0.1) is 0 Å². The minimum absolute atomic E-state index is 0.950. The number of benzene rings is 2. The summed E-state index contributed by atoms with van der Waals surface area (Å²) in [6.07, 6.45) is 0. The number of rotatable bonds is 4. The average molecular weight is 242 g/mol. The highest BCUT2D eigenvalue weighted by molar-refractivity contribution is 5.62. The van der Waals surface area contributed by atoms with Gasteiger partial charge in [0.2, 0.25) is 0 Å². The van der Waals surface area contributed by atoms with Crippen LogP contribution in [0.1, 0.15) is 20.8 Å². The molecule has 2 N–H and O–H groups in total. The van der Waals surface area contributed by atoms with E-state index >= 15 is 0 Å². The molecule has 0 aromatic heterocycles. The molecule has 0 bridgehead atoms. The third-order valence-corrected chi connectivity index (χ3v) is 2.33. The van der Waals surface area contributed by atoms with E-state index in [2.05, 4.69) is 54.0 Å². The van der Waals surface area contributed by atoms with Crippen LogP contribution in [-0.2, 0) is 0 Å². The van der Waals surface area contributed by atoms with Gasteiger partial charge in [0.25, 0.3) is 0 Å². The van der Waals surface area contributed by atoms with Crippen LogP contribution in [0.2, 0.25) is 0 Å². The van der Waals surface area contributed by atoms with Gasteiger partial charge in [0.15, 0.2) is 0 Å². The smallest absolute Gasteiger partial charge is 0.0385 e. The molecule has 0 saturated heterocycles. The van der Waals surface area contributed by atoms with Gasteiger partial charge in [-0.15, -0.1) is 0 Å². The first-order chi connectivity index (χ1) is 8.88. The van der Waals surface area contributed by atoms with Gasteiger partial charge in [-0.25, -0.2) is 0 Å².